The number of ether oxygens (including phenoxy) is 1. The number of amides is 1. The van der Waals surface area contributed by atoms with E-state index in [4.69, 9.17) is 32.5 Å². The van der Waals surface area contributed by atoms with Crippen LogP contribution < -0.4 is 10.1 Å². The van der Waals surface area contributed by atoms with E-state index < -0.39 is 0 Å². The number of rotatable bonds is 5. The van der Waals surface area contributed by atoms with E-state index in [-0.39, 0.29) is 12.5 Å². The van der Waals surface area contributed by atoms with Crippen LogP contribution in [0.2, 0.25) is 10.0 Å². The van der Waals surface area contributed by atoms with Gasteiger partial charge in [0.15, 0.2) is 5.76 Å². The van der Waals surface area contributed by atoms with Crippen LogP contribution in [-0.4, -0.2) is 18.2 Å². The minimum Gasteiger partial charge on any atom is -0.496 e. The Morgan fingerprint density at radius 1 is 1.12 bits per heavy atom. The lowest BCUT2D eigenvalue weighted by Crippen LogP contribution is -2.23. The first-order chi connectivity index (χ1) is 12.1. The smallest absolute Gasteiger partial charge is 0.255 e. The summed E-state index contributed by atoms with van der Waals surface area (Å²) in [7, 11) is 1.50. The highest BCUT2D eigenvalue weighted by Gasteiger charge is 2.14. The maximum atomic E-state index is 12.3. The zero-order chi connectivity index (χ0) is 17.8. The second-order valence-electron chi connectivity index (χ2n) is 5.22. The van der Waals surface area contributed by atoms with Gasteiger partial charge in [0.1, 0.15) is 11.4 Å². The van der Waals surface area contributed by atoms with E-state index in [2.05, 4.69) is 10.5 Å². The molecule has 0 aliphatic heterocycles. The van der Waals surface area contributed by atoms with Gasteiger partial charge in [-0.15, -0.1) is 0 Å². The van der Waals surface area contributed by atoms with E-state index in [9.17, 15) is 4.79 Å². The normalized spacial score (nSPS) is 10.5. The molecular formula is C18H14Cl2N2O3. The standard InChI is InChI=1S/C18H14Cl2N2O3/c1-24-16-7-6-13(20)8-15(16)18(23)21-10-14-9-17(25-22-14)11-2-4-12(19)5-3-11/h2-9H,10H2,1H3,(H,21,23). The number of carbonyl (C=O) groups excluding carboxylic acids is 1. The quantitative estimate of drug-likeness (QED) is 0.707. The maximum Gasteiger partial charge on any atom is 0.255 e. The molecule has 0 spiro atoms. The van der Waals surface area contributed by atoms with Crippen LogP contribution in [-0.2, 0) is 6.54 Å². The topological polar surface area (TPSA) is 64.4 Å². The fourth-order valence-electron chi connectivity index (χ4n) is 2.27. The van der Waals surface area contributed by atoms with E-state index in [1.54, 1.807) is 36.4 Å². The number of methoxy groups -OCH3 is 1. The molecule has 0 saturated carbocycles. The SMILES string of the molecule is COc1ccc(Cl)cc1C(=O)NCc1cc(-c2ccc(Cl)cc2)on1. The van der Waals surface area contributed by atoms with Gasteiger partial charge in [0.05, 0.1) is 19.2 Å². The van der Waals surface area contributed by atoms with E-state index >= 15 is 0 Å². The molecule has 25 heavy (non-hydrogen) atoms. The minimum absolute atomic E-state index is 0.214. The van der Waals surface area contributed by atoms with Crippen LogP contribution in [0.5, 0.6) is 5.75 Å². The predicted molar refractivity (Wildman–Crippen MR) is 96.1 cm³/mol. The van der Waals surface area contributed by atoms with Crippen molar-refractivity contribution >= 4 is 29.1 Å². The van der Waals surface area contributed by atoms with E-state index in [0.29, 0.717) is 32.8 Å². The van der Waals surface area contributed by atoms with E-state index in [1.807, 2.05) is 12.1 Å². The van der Waals surface area contributed by atoms with Crippen LogP contribution in [0.1, 0.15) is 16.1 Å². The molecule has 3 aromatic rings. The molecule has 1 heterocycles. The Hall–Kier alpha value is -2.50. The Balaban J connectivity index is 1.69. The average Bonchev–Trinajstić information content (AvgIpc) is 3.09. The highest BCUT2D eigenvalue weighted by atomic mass is 35.5. The summed E-state index contributed by atoms with van der Waals surface area (Å²) in [6, 6.07) is 13.8. The number of nitrogens with one attached hydrogen (secondary N) is 1. The van der Waals surface area contributed by atoms with Crippen LogP contribution in [0.3, 0.4) is 0 Å². The van der Waals surface area contributed by atoms with Gasteiger partial charge in [-0.2, -0.15) is 0 Å². The Morgan fingerprint density at radius 2 is 1.84 bits per heavy atom. The molecule has 0 aliphatic carbocycles. The molecule has 0 bridgehead atoms. The molecular weight excluding hydrogens is 363 g/mol. The van der Waals surface area contributed by atoms with Crippen molar-refractivity contribution in [3.05, 3.63) is 69.8 Å². The zero-order valence-corrected chi connectivity index (χ0v) is 14.8. The lowest BCUT2D eigenvalue weighted by atomic mass is 10.1. The molecule has 0 fully saturated rings. The summed E-state index contributed by atoms with van der Waals surface area (Å²) in [4.78, 5) is 12.3. The Bertz CT molecular complexity index is 892. The van der Waals surface area contributed by atoms with Gasteiger partial charge < -0.3 is 14.6 Å². The summed E-state index contributed by atoms with van der Waals surface area (Å²) in [6.07, 6.45) is 0. The fraction of sp³-hybridized carbons (Fsp3) is 0.111. The molecule has 0 aliphatic rings. The third-order valence-electron chi connectivity index (χ3n) is 3.52. The number of nitrogens with zero attached hydrogens (tertiary/aromatic N) is 1. The Morgan fingerprint density at radius 3 is 2.56 bits per heavy atom. The van der Waals surface area contributed by atoms with Crippen molar-refractivity contribution in [1.82, 2.24) is 10.5 Å². The molecule has 7 heteroatoms. The first-order valence-corrected chi connectivity index (χ1v) is 8.15. The molecule has 0 radical (unpaired) electrons. The largest absolute Gasteiger partial charge is 0.496 e. The third kappa shape index (κ3) is 4.13. The molecule has 0 unspecified atom stereocenters. The number of hydrogen-bond acceptors (Lipinski definition) is 4. The van der Waals surface area contributed by atoms with Gasteiger partial charge in [-0.3, -0.25) is 4.79 Å². The number of hydrogen-bond donors (Lipinski definition) is 1. The second-order valence-corrected chi connectivity index (χ2v) is 6.09. The molecule has 2 aromatic carbocycles. The van der Waals surface area contributed by atoms with Crippen molar-refractivity contribution in [3.63, 3.8) is 0 Å². The monoisotopic (exact) mass is 376 g/mol. The maximum absolute atomic E-state index is 12.3. The summed E-state index contributed by atoms with van der Waals surface area (Å²) in [6.45, 7) is 0.214. The van der Waals surface area contributed by atoms with Gasteiger partial charge >= 0.3 is 0 Å². The van der Waals surface area contributed by atoms with Crippen molar-refractivity contribution in [2.45, 2.75) is 6.54 Å². The summed E-state index contributed by atoms with van der Waals surface area (Å²) < 4.78 is 10.5. The molecule has 128 valence electrons. The van der Waals surface area contributed by atoms with Crippen molar-refractivity contribution in [2.24, 2.45) is 0 Å². The van der Waals surface area contributed by atoms with Gasteiger partial charge in [0.2, 0.25) is 0 Å². The highest BCUT2D eigenvalue weighted by Crippen LogP contribution is 2.24. The van der Waals surface area contributed by atoms with Crippen LogP contribution in [0, 0.1) is 0 Å². The lowest BCUT2D eigenvalue weighted by molar-refractivity contribution is 0.0947. The van der Waals surface area contributed by atoms with Gasteiger partial charge in [-0.25, -0.2) is 0 Å². The first-order valence-electron chi connectivity index (χ1n) is 7.40. The molecule has 3 rings (SSSR count). The van der Waals surface area contributed by atoms with Crippen molar-refractivity contribution in [2.75, 3.05) is 7.11 Å². The summed E-state index contributed by atoms with van der Waals surface area (Å²) in [5, 5.41) is 7.83. The fourth-order valence-corrected chi connectivity index (χ4v) is 2.57. The average molecular weight is 377 g/mol. The first kappa shape index (κ1) is 17.3. The summed E-state index contributed by atoms with van der Waals surface area (Å²) >= 11 is 11.8. The van der Waals surface area contributed by atoms with Crippen LogP contribution >= 0.6 is 23.2 Å². The Kier molecular flexibility index (Phi) is 5.26. The van der Waals surface area contributed by atoms with Crippen molar-refractivity contribution in [1.29, 1.82) is 0 Å². The Labute approximate surface area is 154 Å². The van der Waals surface area contributed by atoms with Gasteiger partial charge in [-0.1, -0.05) is 28.4 Å². The number of carbonyl (C=O) groups is 1. The summed E-state index contributed by atoms with van der Waals surface area (Å²) in [5.41, 5.74) is 1.81. The second kappa shape index (κ2) is 7.59. The highest BCUT2D eigenvalue weighted by molar-refractivity contribution is 6.31. The predicted octanol–water partition coefficient (Wildman–Crippen LogP) is 4.59. The summed E-state index contributed by atoms with van der Waals surface area (Å²) in [5.74, 6) is 0.737. The molecule has 5 nitrogen and oxygen atoms in total. The van der Waals surface area contributed by atoms with Gasteiger partial charge in [0, 0.05) is 21.7 Å². The van der Waals surface area contributed by atoms with Crippen molar-refractivity contribution in [3.8, 4) is 17.1 Å². The van der Waals surface area contributed by atoms with Crippen LogP contribution in [0.15, 0.2) is 53.1 Å². The molecule has 0 saturated heterocycles. The van der Waals surface area contributed by atoms with Crippen LogP contribution in [0.25, 0.3) is 11.3 Å². The molecule has 1 N–H and O–H groups in total. The third-order valence-corrected chi connectivity index (χ3v) is 4.01. The molecule has 1 aromatic heterocycles. The van der Waals surface area contributed by atoms with E-state index in [1.165, 1.54) is 7.11 Å². The van der Waals surface area contributed by atoms with Gasteiger partial charge in [0.25, 0.3) is 5.91 Å². The number of benzene rings is 2. The minimum atomic E-state index is -0.310. The van der Waals surface area contributed by atoms with E-state index in [0.717, 1.165) is 5.56 Å². The molecule has 1 amide bonds. The molecule has 0 atom stereocenters. The van der Waals surface area contributed by atoms with Gasteiger partial charge in [-0.05, 0) is 42.5 Å². The van der Waals surface area contributed by atoms with Crippen LogP contribution in [0.4, 0.5) is 0 Å². The lowest BCUT2D eigenvalue weighted by Gasteiger charge is -2.08. The number of halogens is 2. The van der Waals surface area contributed by atoms with Crippen molar-refractivity contribution < 1.29 is 14.1 Å². The number of aromatic nitrogens is 1. The zero-order valence-electron chi connectivity index (χ0n) is 13.3.